The molecular formula is C31H34ClN3O2S. The number of nitrogens with one attached hydrogen (secondary N) is 1. The molecule has 1 unspecified atom stereocenters. The molecule has 0 aliphatic carbocycles. The molecule has 1 N–H and O–H groups in total. The van der Waals surface area contributed by atoms with Gasteiger partial charge in [0.1, 0.15) is 5.75 Å². The Morgan fingerprint density at radius 2 is 1.89 bits per heavy atom. The predicted octanol–water partition coefficient (Wildman–Crippen LogP) is 7.00. The first-order valence-corrected chi connectivity index (χ1v) is 14.2. The highest BCUT2D eigenvalue weighted by molar-refractivity contribution is 7.17. The van der Waals surface area contributed by atoms with Crippen LogP contribution in [-0.4, -0.2) is 34.1 Å². The van der Waals surface area contributed by atoms with E-state index >= 15 is 0 Å². The van der Waals surface area contributed by atoms with Crippen LogP contribution in [0.25, 0.3) is 21.1 Å². The van der Waals surface area contributed by atoms with Crippen LogP contribution in [0.4, 0.5) is 0 Å². The minimum atomic E-state index is 0. The van der Waals surface area contributed by atoms with Crippen LogP contribution in [0.2, 0.25) is 0 Å². The van der Waals surface area contributed by atoms with Gasteiger partial charge in [0.2, 0.25) is 5.78 Å². The van der Waals surface area contributed by atoms with Crippen molar-refractivity contribution >= 4 is 50.6 Å². The molecule has 198 valence electrons. The first-order valence-electron chi connectivity index (χ1n) is 13.3. The lowest BCUT2D eigenvalue weighted by atomic mass is 10.1. The van der Waals surface area contributed by atoms with E-state index in [-0.39, 0.29) is 18.2 Å². The summed E-state index contributed by atoms with van der Waals surface area (Å²) in [6.45, 7) is 2.99. The van der Waals surface area contributed by atoms with Crippen molar-refractivity contribution in [3.8, 4) is 5.75 Å². The molecule has 0 saturated carbocycles. The van der Waals surface area contributed by atoms with E-state index in [1.807, 2.05) is 29.9 Å². The molecule has 0 bridgehead atoms. The number of rotatable bonds is 8. The monoisotopic (exact) mass is 547 g/mol. The van der Waals surface area contributed by atoms with E-state index in [1.165, 1.54) is 12.0 Å². The summed E-state index contributed by atoms with van der Waals surface area (Å²) in [7, 11) is 1.98. The van der Waals surface area contributed by atoms with Gasteiger partial charge in [-0.25, -0.2) is 0 Å². The second-order valence-corrected chi connectivity index (χ2v) is 11.0. The van der Waals surface area contributed by atoms with Gasteiger partial charge in [-0.15, -0.1) is 23.7 Å². The number of thiophene rings is 1. The molecule has 2 aromatic carbocycles. The standard InChI is InChI=1S/C31H33N3O2S.ClH/c1-33-28-15-19-37-30(28)20-29(33)31(35)26-21-34(27-9-3-2-8-25(26)27)18-5-6-22-10-12-24(13-11-22)36-23-7-4-16-32-17-14-23;/h2-3,8-13,15,19-21,23,32H,4-7,14,16-18H2,1H3;1H. The highest BCUT2D eigenvalue weighted by Gasteiger charge is 2.20. The van der Waals surface area contributed by atoms with E-state index in [0.29, 0.717) is 6.10 Å². The highest BCUT2D eigenvalue weighted by Crippen LogP contribution is 2.29. The van der Waals surface area contributed by atoms with Crippen molar-refractivity contribution in [3.05, 3.63) is 89.1 Å². The number of ketones is 1. The van der Waals surface area contributed by atoms with Crippen LogP contribution in [0.3, 0.4) is 0 Å². The molecule has 5 nitrogen and oxygen atoms in total. The van der Waals surface area contributed by atoms with Gasteiger partial charge in [0.15, 0.2) is 0 Å². The smallest absolute Gasteiger partial charge is 0.211 e. The van der Waals surface area contributed by atoms with Crippen LogP contribution in [0.5, 0.6) is 5.75 Å². The number of hydrogen-bond donors (Lipinski definition) is 1. The minimum absolute atomic E-state index is 0. The Labute approximate surface area is 233 Å². The molecule has 5 aromatic rings. The van der Waals surface area contributed by atoms with E-state index in [0.717, 1.165) is 83.4 Å². The maximum Gasteiger partial charge on any atom is 0.211 e. The van der Waals surface area contributed by atoms with E-state index in [2.05, 4.69) is 63.8 Å². The molecular weight excluding hydrogens is 514 g/mol. The molecule has 0 amide bonds. The second-order valence-electron chi connectivity index (χ2n) is 10.0. The van der Waals surface area contributed by atoms with Crippen LogP contribution in [-0.2, 0) is 20.0 Å². The Morgan fingerprint density at radius 3 is 2.74 bits per heavy atom. The number of para-hydroxylation sites is 1. The van der Waals surface area contributed by atoms with Gasteiger partial charge >= 0.3 is 0 Å². The van der Waals surface area contributed by atoms with Gasteiger partial charge in [-0.2, -0.15) is 0 Å². The van der Waals surface area contributed by atoms with Crippen LogP contribution in [0, 0.1) is 0 Å². The number of aryl methyl sites for hydroxylation is 3. The first-order chi connectivity index (χ1) is 18.2. The number of carbonyl (C=O) groups is 1. The van der Waals surface area contributed by atoms with Crippen LogP contribution < -0.4 is 10.1 Å². The van der Waals surface area contributed by atoms with Crippen molar-refractivity contribution in [2.24, 2.45) is 7.05 Å². The summed E-state index contributed by atoms with van der Waals surface area (Å²) in [5.41, 5.74) is 5.06. The maximum atomic E-state index is 13.6. The second kappa shape index (κ2) is 11.8. The lowest BCUT2D eigenvalue weighted by Gasteiger charge is -2.17. The summed E-state index contributed by atoms with van der Waals surface area (Å²) in [4.78, 5) is 13.6. The van der Waals surface area contributed by atoms with Crippen molar-refractivity contribution in [2.45, 2.75) is 44.8 Å². The number of ether oxygens (including phenoxy) is 1. The van der Waals surface area contributed by atoms with Gasteiger partial charge in [-0.3, -0.25) is 4.79 Å². The summed E-state index contributed by atoms with van der Waals surface area (Å²) in [6.07, 6.45) is 7.71. The van der Waals surface area contributed by atoms with E-state index in [9.17, 15) is 4.79 Å². The lowest BCUT2D eigenvalue weighted by Crippen LogP contribution is -2.19. The molecule has 6 rings (SSSR count). The molecule has 1 aliphatic rings. The normalized spacial score (nSPS) is 15.9. The number of benzene rings is 2. The Kier molecular flexibility index (Phi) is 8.22. The molecule has 1 fully saturated rings. The molecule has 38 heavy (non-hydrogen) atoms. The Hall–Kier alpha value is -3.06. The van der Waals surface area contributed by atoms with Gasteiger partial charge in [-0.1, -0.05) is 30.3 Å². The van der Waals surface area contributed by atoms with Crippen molar-refractivity contribution in [1.29, 1.82) is 0 Å². The first kappa shape index (κ1) is 26.5. The number of aromatic nitrogens is 2. The topological polar surface area (TPSA) is 48.2 Å². The fourth-order valence-electron chi connectivity index (χ4n) is 5.50. The van der Waals surface area contributed by atoms with Gasteiger partial charge in [0.25, 0.3) is 0 Å². The zero-order valence-electron chi connectivity index (χ0n) is 21.7. The lowest BCUT2D eigenvalue weighted by molar-refractivity contribution is 0.103. The zero-order valence-corrected chi connectivity index (χ0v) is 23.3. The van der Waals surface area contributed by atoms with Crippen molar-refractivity contribution in [3.63, 3.8) is 0 Å². The quantitative estimate of drug-likeness (QED) is 0.213. The minimum Gasteiger partial charge on any atom is -0.490 e. The molecule has 4 heterocycles. The van der Waals surface area contributed by atoms with Gasteiger partial charge < -0.3 is 19.2 Å². The van der Waals surface area contributed by atoms with Crippen LogP contribution >= 0.6 is 23.7 Å². The van der Waals surface area contributed by atoms with E-state index in [4.69, 9.17) is 4.74 Å². The Bertz CT molecular complexity index is 1520. The molecule has 7 heteroatoms. The molecule has 0 radical (unpaired) electrons. The van der Waals surface area contributed by atoms with E-state index < -0.39 is 0 Å². The van der Waals surface area contributed by atoms with Crippen molar-refractivity contribution in [2.75, 3.05) is 13.1 Å². The fourth-order valence-corrected chi connectivity index (χ4v) is 6.35. The number of halogens is 1. The third kappa shape index (κ3) is 5.39. The SMILES string of the molecule is Cl.Cn1c(C(=O)c2cn(CCCc3ccc(OC4CCCNCC4)cc3)c3ccccc23)cc2sccc21. The van der Waals surface area contributed by atoms with Gasteiger partial charge in [0.05, 0.1) is 22.0 Å². The molecule has 1 aliphatic heterocycles. The number of fused-ring (bicyclic) bond motifs is 2. The molecule has 1 atom stereocenters. The summed E-state index contributed by atoms with van der Waals surface area (Å²) in [6, 6.07) is 20.9. The summed E-state index contributed by atoms with van der Waals surface area (Å²) in [5, 5.41) is 6.53. The summed E-state index contributed by atoms with van der Waals surface area (Å²) < 4.78 is 11.6. The van der Waals surface area contributed by atoms with E-state index in [1.54, 1.807) is 11.3 Å². The van der Waals surface area contributed by atoms with Crippen molar-refractivity contribution in [1.82, 2.24) is 14.5 Å². The highest BCUT2D eigenvalue weighted by atomic mass is 35.5. The zero-order chi connectivity index (χ0) is 25.2. The molecule has 1 saturated heterocycles. The molecule has 0 spiro atoms. The van der Waals surface area contributed by atoms with Crippen LogP contribution in [0.15, 0.2) is 72.2 Å². The average molecular weight is 548 g/mol. The van der Waals surface area contributed by atoms with Gasteiger partial charge in [0, 0.05) is 36.3 Å². The third-order valence-electron chi connectivity index (χ3n) is 7.54. The average Bonchev–Trinajstić information content (AvgIpc) is 3.55. The number of hydrogen-bond acceptors (Lipinski definition) is 4. The third-order valence-corrected chi connectivity index (χ3v) is 8.40. The van der Waals surface area contributed by atoms with Crippen molar-refractivity contribution < 1.29 is 9.53 Å². The summed E-state index contributed by atoms with van der Waals surface area (Å²) in [5.74, 6) is 1.05. The Balaban J connectivity index is 0.00000294. The Morgan fingerprint density at radius 1 is 1.05 bits per heavy atom. The van der Waals surface area contributed by atoms with Gasteiger partial charge in [-0.05, 0) is 86.5 Å². The largest absolute Gasteiger partial charge is 0.490 e. The number of carbonyl (C=O) groups excluding carboxylic acids is 1. The number of nitrogens with zero attached hydrogens (tertiary/aromatic N) is 2. The fraction of sp³-hybridized carbons (Fsp3) is 0.323. The predicted molar refractivity (Wildman–Crippen MR) is 159 cm³/mol. The molecule has 3 aromatic heterocycles. The summed E-state index contributed by atoms with van der Waals surface area (Å²) >= 11 is 1.67. The maximum absolute atomic E-state index is 13.6. The van der Waals surface area contributed by atoms with Crippen LogP contribution in [0.1, 0.15) is 47.3 Å².